The van der Waals surface area contributed by atoms with Crippen molar-refractivity contribution in [1.82, 2.24) is 58.5 Å². The first kappa shape index (κ1) is 88.5. The van der Waals surface area contributed by atoms with Crippen molar-refractivity contribution >= 4 is 116 Å². The third kappa shape index (κ3) is 37.2. The maximum absolute atomic E-state index is 14.2. The summed E-state index contributed by atoms with van der Waals surface area (Å²) in [6, 6.07) is -6.54. The molecule has 1 saturated heterocycles. The molecule has 1 fully saturated rings. The monoisotopic (exact) mass is 1480 g/mol. The summed E-state index contributed by atoms with van der Waals surface area (Å²) in [4.78, 5) is 180. The molecule has 102 heavy (non-hydrogen) atoms. The van der Waals surface area contributed by atoms with Gasteiger partial charge < -0.3 is 120 Å². The molecule has 0 saturated carbocycles. The Bertz CT molecular complexity index is 3040. The molecule has 2 rings (SSSR count). The topological polar surface area (TPSA) is 661 Å². The summed E-state index contributed by atoms with van der Waals surface area (Å²) >= 11 is 0. The molecular formula is C62H108N24O14S2. The molecule has 0 spiro atoms. The van der Waals surface area contributed by atoms with Crippen LogP contribution in [0.4, 0.5) is 0 Å². The summed E-state index contributed by atoms with van der Waals surface area (Å²) in [5.74, 6) is -11.2. The number of phenolic OH excluding ortho intramolecular Hbond substituents is 1. The molecule has 0 bridgehead atoms. The quantitative estimate of drug-likeness (QED) is 0.0126. The number of aromatic hydroxyl groups is 1. The van der Waals surface area contributed by atoms with E-state index < -0.39 is 144 Å². The van der Waals surface area contributed by atoms with Gasteiger partial charge in [0.25, 0.3) is 0 Å². The molecular weight excluding hydrogens is 1370 g/mol. The van der Waals surface area contributed by atoms with E-state index in [0.29, 0.717) is 24.8 Å². The first-order chi connectivity index (χ1) is 48.2. The van der Waals surface area contributed by atoms with Gasteiger partial charge >= 0.3 is 5.97 Å². The van der Waals surface area contributed by atoms with Crippen molar-refractivity contribution in [2.24, 2.45) is 83.4 Å². The number of nitrogens with zero attached hydrogens (tertiary/aromatic N) is 4. The molecule has 38 nitrogen and oxygen atoms in total. The Kier molecular flexibility index (Phi) is 41.9. The van der Waals surface area contributed by atoms with Crippen LogP contribution in [0.2, 0.25) is 0 Å². The van der Waals surface area contributed by atoms with Gasteiger partial charge in [-0.05, 0) is 114 Å². The minimum Gasteiger partial charge on any atom is -0.508 e. The van der Waals surface area contributed by atoms with Gasteiger partial charge in [-0.2, -0.15) is 0 Å². The molecule has 0 radical (unpaired) electrons. The van der Waals surface area contributed by atoms with E-state index in [1.165, 1.54) is 19.1 Å². The number of carboxylic acids is 1. The highest BCUT2D eigenvalue weighted by atomic mass is 33.1. The number of carboxylic acid groups (broad SMARTS) is 1. The standard InChI is InChI=1S/C62H108N24O14S2/c1-6-34(4)48-57(98)85-45(56(97)83-42(58(99)100)17-13-27-76-62(70)71)32-102-101-31-44(55(96)84-43(28-33(2)3)54(95)78-35(5)49(90)86-48)80-46(88)18-8-7-9-23-72-51(92)39(14-10-24-73-59(64)65)79-47(89)30-77-52(93)40(15-11-25-74-60(66)67)82-53(94)41(16-12-26-75-61(68)69)81-50(91)38(63)29-36-19-21-37(87)22-20-36/h19-22,33-35,38-45,48,87H,6-18,23-32,63H2,1-5H3,(H,72,92)(H,77,93)(H,78,95)(H,79,89)(H,80,88)(H,81,91)(H,82,94)(H,83,97)(H,84,96)(H,85,98)(H,86,90)(H,99,100)(H4,64,65,73)(H4,66,67,74)(H4,68,69,75)(H4,70,71,76)/t34?,35-,38-,39-,40-,41-,42-,43-,44-,45-,48-/m0/s1. The lowest BCUT2D eigenvalue weighted by Gasteiger charge is -2.28. The predicted octanol–water partition coefficient (Wildman–Crippen LogP) is -5.78. The van der Waals surface area contributed by atoms with Crippen LogP contribution in [0.1, 0.15) is 130 Å². The van der Waals surface area contributed by atoms with Gasteiger partial charge in [-0.1, -0.05) is 74.3 Å². The number of aliphatic carboxylic acids is 1. The fraction of sp³-hybridized carbons (Fsp3) is 0.645. The third-order valence-electron chi connectivity index (χ3n) is 15.6. The molecule has 11 atom stereocenters. The number of hydrogen-bond acceptors (Lipinski definition) is 20. The van der Waals surface area contributed by atoms with Crippen LogP contribution in [0.3, 0.4) is 0 Å². The first-order valence-electron chi connectivity index (χ1n) is 33.7. The second kappa shape index (κ2) is 48.3. The third-order valence-corrected chi connectivity index (χ3v) is 18.0. The zero-order chi connectivity index (χ0) is 76.4. The van der Waals surface area contributed by atoms with Gasteiger partial charge in [0.15, 0.2) is 23.8 Å². The van der Waals surface area contributed by atoms with E-state index in [4.69, 9.17) is 51.6 Å². The van der Waals surface area contributed by atoms with Crippen molar-refractivity contribution < 1.29 is 67.7 Å². The van der Waals surface area contributed by atoms with Crippen molar-refractivity contribution in [2.75, 3.05) is 50.8 Å². The molecule has 1 heterocycles. The number of benzene rings is 1. The highest BCUT2D eigenvalue weighted by molar-refractivity contribution is 8.76. The van der Waals surface area contributed by atoms with Gasteiger partial charge in [0.1, 0.15) is 60.1 Å². The van der Waals surface area contributed by atoms with Crippen LogP contribution in [0.25, 0.3) is 0 Å². The smallest absolute Gasteiger partial charge is 0.326 e. The number of unbranched alkanes of at least 4 members (excludes halogenated alkanes) is 2. The van der Waals surface area contributed by atoms with Crippen LogP contribution >= 0.6 is 21.6 Å². The molecule has 0 aromatic heterocycles. The van der Waals surface area contributed by atoms with E-state index >= 15 is 0 Å². The van der Waals surface area contributed by atoms with E-state index in [-0.39, 0.29) is 157 Å². The zero-order valence-electron chi connectivity index (χ0n) is 58.6. The van der Waals surface area contributed by atoms with E-state index in [2.05, 4.69) is 78.5 Å². The second-order valence-corrected chi connectivity index (χ2v) is 27.3. The molecule has 1 aliphatic heterocycles. The maximum atomic E-state index is 14.2. The van der Waals surface area contributed by atoms with E-state index in [1.54, 1.807) is 26.0 Å². The average Bonchev–Trinajstić information content (AvgIpc) is 1.10. The second-order valence-electron chi connectivity index (χ2n) is 24.8. The molecule has 31 N–H and O–H groups in total. The summed E-state index contributed by atoms with van der Waals surface area (Å²) in [5.41, 5.74) is 50.6. The number of phenols is 1. The number of hydrogen-bond donors (Lipinski definition) is 22. The largest absolute Gasteiger partial charge is 0.508 e. The van der Waals surface area contributed by atoms with E-state index in [9.17, 15) is 67.7 Å². The van der Waals surface area contributed by atoms with Gasteiger partial charge in [-0.25, -0.2) is 4.79 Å². The minimum atomic E-state index is -1.42. The van der Waals surface area contributed by atoms with Crippen molar-refractivity contribution in [2.45, 2.75) is 191 Å². The number of rotatable bonds is 41. The van der Waals surface area contributed by atoms with Crippen LogP contribution in [-0.2, 0) is 64.0 Å². The normalized spacial score (nSPS) is 18.4. The average molecular weight is 1480 g/mol. The lowest BCUT2D eigenvalue weighted by molar-refractivity contribution is -0.142. The molecule has 40 heteroatoms. The summed E-state index contributed by atoms with van der Waals surface area (Å²) in [6.45, 7) is 8.23. The van der Waals surface area contributed by atoms with Crippen molar-refractivity contribution in [3.8, 4) is 5.75 Å². The number of nitrogens with two attached hydrogens (primary N) is 9. The van der Waals surface area contributed by atoms with Crippen LogP contribution < -0.4 is 110 Å². The molecule has 1 aliphatic rings. The van der Waals surface area contributed by atoms with Crippen LogP contribution in [-0.4, -0.2) is 216 Å². The Labute approximate surface area is 601 Å². The highest BCUT2D eigenvalue weighted by Crippen LogP contribution is 2.24. The molecule has 11 amide bonds. The molecule has 572 valence electrons. The van der Waals surface area contributed by atoms with Crippen LogP contribution in [0, 0.1) is 11.8 Å². The van der Waals surface area contributed by atoms with Gasteiger partial charge in [-0.15, -0.1) is 0 Å². The number of nitrogens with one attached hydrogen (secondary N) is 11. The number of guanidine groups is 4. The maximum Gasteiger partial charge on any atom is 0.326 e. The Balaban J connectivity index is 2.27. The fourth-order valence-corrected chi connectivity index (χ4v) is 12.1. The summed E-state index contributed by atoms with van der Waals surface area (Å²) in [6.07, 6.45) is 2.12. The van der Waals surface area contributed by atoms with Gasteiger partial charge in [0.05, 0.1) is 12.6 Å². The van der Waals surface area contributed by atoms with Gasteiger partial charge in [0.2, 0.25) is 65.0 Å². The molecule has 1 aromatic carbocycles. The first-order valence-corrected chi connectivity index (χ1v) is 36.2. The summed E-state index contributed by atoms with van der Waals surface area (Å²) in [5, 5.41) is 48.7. The van der Waals surface area contributed by atoms with Crippen molar-refractivity contribution in [1.29, 1.82) is 0 Å². The number of carbonyl (C=O) groups excluding carboxylic acids is 11. The SMILES string of the molecule is CCC(C)[C@@H]1NC(=O)[C@H](C)NC(=O)[C@H](CC(C)C)NC(=O)[C@@H](NC(=O)CCCCCNC(=O)[C@H](CCCN=C(N)N)NC(=O)CNC(=O)[C@H](CCCN=C(N)N)NC(=O)[C@H](CCCN=C(N)N)NC(=O)[C@@H](N)Cc2ccc(O)cc2)CSSC[C@@H](C(=O)N[C@@H](CCCN=C(N)N)C(=O)O)NC1=O. The number of amides is 11. The Morgan fingerprint density at radius 2 is 1.08 bits per heavy atom. The molecule has 0 aliphatic carbocycles. The summed E-state index contributed by atoms with van der Waals surface area (Å²) < 4.78 is 0. The van der Waals surface area contributed by atoms with Crippen molar-refractivity contribution in [3.63, 3.8) is 0 Å². The van der Waals surface area contributed by atoms with Gasteiger partial charge in [0, 0.05) is 50.7 Å². The molecule has 1 aromatic rings. The predicted molar refractivity (Wildman–Crippen MR) is 388 cm³/mol. The van der Waals surface area contributed by atoms with Crippen LogP contribution in [0.5, 0.6) is 5.75 Å². The zero-order valence-corrected chi connectivity index (χ0v) is 60.2. The lowest BCUT2D eigenvalue weighted by Crippen LogP contribution is -2.60. The van der Waals surface area contributed by atoms with E-state index in [0.717, 1.165) is 21.6 Å². The van der Waals surface area contributed by atoms with Crippen molar-refractivity contribution in [3.05, 3.63) is 29.8 Å². The highest BCUT2D eigenvalue weighted by Gasteiger charge is 2.36. The Hall–Kier alpha value is -9.60. The van der Waals surface area contributed by atoms with Crippen LogP contribution in [0.15, 0.2) is 44.2 Å². The number of aliphatic imine (C=N–C) groups is 4. The fourth-order valence-electron chi connectivity index (χ4n) is 9.80. The lowest BCUT2D eigenvalue weighted by atomic mass is 9.97. The summed E-state index contributed by atoms with van der Waals surface area (Å²) in [7, 11) is 2.07. The van der Waals surface area contributed by atoms with E-state index in [1.807, 2.05) is 13.8 Å². The Morgan fingerprint density at radius 3 is 1.61 bits per heavy atom. The van der Waals surface area contributed by atoms with Gasteiger partial charge in [-0.3, -0.25) is 72.7 Å². The minimum absolute atomic E-state index is 0.00124. The number of carbonyl (C=O) groups is 12. The molecule has 1 unspecified atom stereocenters. The Morgan fingerprint density at radius 1 is 0.569 bits per heavy atom.